The van der Waals surface area contributed by atoms with Crippen LogP contribution in [0.25, 0.3) is 0 Å². The van der Waals surface area contributed by atoms with Crippen LogP contribution in [0.2, 0.25) is 0 Å². The highest BCUT2D eigenvalue weighted by Crippen LogP contribution is 2.33. The molecule has 4 rings (SSSR count). The number of hydrogen-bond acceptors (Lipinski definition) is 6. The molecule has 4 heterocycles. The second-order valence-electron chi connectivity index (χ2n) is 6.21. The van der Waals surface area contributed by atoms with E-state index in [1.165, 1.54) is 22.5 Å². The predicted molar refractivity (Wildman–Crippen MR) is 89.8 cm³/mol. The molecule has 2 aromatic rings. The molecule has 2 fully saturated rings. The summed E-state index contributed by atoms with van der Waals surface area (Å²) in [5.74, 6) is 0.256. The summed E-state index contributed by atoms with van der Waals surface area (Å²) in [5.41, 5.74) is 0. The van der Waals surface area contributed by atoms with Crippen LogP contribution in [0.1, 0.15) is 39.3 Å². The van der Waals surface area contributed by atoms with Gasteiger partial charge in [0, 0.05) is 49.1 Å². The van der Waals surface area contributed by atoms with E-state index in [9.17, 15) is 4.79 Å². The van der Waals surface area contributed by atoms with E-state index in [1.807, 2.05) is 16.2 Å². The number of amides is 1. The van der Waals surface area contributed by atoms with Crippen LogP contribution in [0.4, 0.5) is 0 Å². The molecule has 8 heteroatoms. The molecule has 0 aromatic carbocycles. The minimum atomic E-state index is -0.0658. The summed E-state index contributed by atoms with van der Waals surface area (Å²) >= 11 is 1.86. The number of aromatic nitrogens is 3. The van der Waals surface area contributed by atoms with Crippen LogP contribution in [0.15, 0.2) is 18.5 Å². The van der Waals surface area contributed by atoms with Gasteiger partial charge in [0.25, 0.3) is 5.91 Å². The summed E-state index contributed by atoms with van der Waals surface area (Å²) in [5, 5.41) is 6.38. The smallest absolute Gasteiger partial charge is 0.291 e. The fourth-order valence-corrected chi connectivity index (χ4v) is 4.38. The molecule has 2 aliphatic rings. The fraction of sp³-hybridized carbons (Fsp3) is 0.562. The van der Waals surface area contributed by atoms with Gasteiger partial charge in [-0.05, 0) is 25.0 Å². The number of carbonyl (C=O) groups excluding carboxylic acids is 1. The van der Waals surface area contributed by atoms with Gasteiger partial charge in [-0.1, -0.05) is 0 Å². The normalized spacial score (nSPS) is 22.2. The molecule has 128 valence electrons. The van der Waals surface area contributed by atoms with Gasteiger partial charge in [-0.3, -0.25) is 14.8 Å². The van der Waals surface area contributed by atoms with Crippen molar-refractivity contribution < 1.29 is 9.53 Å². The van der Waals surface area contributed by atoms with Crippen LogP contribution < -0.4 is 0 Å². The van der Waals surface area contributed by atoms with Gasteiger partial charge in [0.2, 0.25) is 5.82 Å². The number of hydrogen-bond donors (Lipinski definition) is 1. The molecule has 0 unspecified atom stereocenters. The predicted octanol–water partition coefficient (Wildman–Crippen LogP) is 1.68. The average molecular weight is 347 g/mol. The topological polar surface area (TPSA) is 74.4 Å². The number of piperazine rings is 1. The fourth-order valence-electron chi connectivity index (χ4n) is 3.24. The third-order valence-corrected chi connectivity index (χ3v) is 5.75. The number of nitrogens with one attached hydrogen (secondary N) is 1. The number of carbonyl (C=O) groups is 1. The first-order chi connectivity index (χ1) is 11.8. The molecule has 0 bridgehead atoms. The van der Waals surface area contributed by atoms with E-state index in [0.717, 1.165) is 45.8 Å². The van der Waals surface area contributed by atoms with Crippen LogP contribution in [-0.4, -0.2) is 63.7 Å². The molecule has 2 aliphatic heterocycles. The van der Waals surface area contributed by atoms with Gasteiger partial charge in [-0.2, -0.15) is 5.10 Å². The van der Waals surface area contributed by atoms with E-state index in [1.54, 1.807) is 0 Å². The number of ether oxygens (including phenoxy) is 1. The van der Waals surface area contributed by atoms with Gasteiger partial charge < -0.3 is 9.64 Å². The van der Waals surface area contributed by atoms with Gasteiger partial charge >= 0.3 is 0 Å². The standard InChI is InChI=1S/C16H21N5O2S/c22-16(15-17-11-18-19-15)21-7-5-20(6-8-21)10-12-3-4-14(24-12)13-2-1-9-23-13/h3-4,11,13H,1-2,5-10H2,(H,17,18,19)/t13-/m0/s1. The van der Waals surface area contributed by atoms with E-state index in [2.05, 4.69) is 32.2 Å². The number of rotatable bonds is 4. The first-order valence-corrected chi connectivity index (χ1v) is 9.18. The number of thiophene rings is 1. The third kappa shape index (κ3) is 3.35. The molecule has 1 atom stereocenters. The summed E-state index contributed by atoms with van der Waals surface area (Å²) in [6.07, 6.45) is 3.98. The van der Waals surface area contributed by atoms with Crippen molar-refractivity contribution in [1.82, 2.24) is 25.0 Å². The Kier molecular flexibility index (Phi) is 4.59. The molecule has 0 radical (unpaired) electrons. The lowest BCUT2D eigenvalue weighted by Crippen LogP contribution is -2.48. The zero-order valence-electron chi connectivity index (χ0n) is 13.5. The zero-order chi connectivity index (χ0) is 16.4. The van der Waals surface area contributed by atoms with Crippen molar-refractivity contribution in [2.75, 3.05) is 32.8 Å². The Morgan fingerprint density at radius 2 is 2.21 bits per heavy atom. The van der Waals surface area contributed by atoms with E-state index in [0.29, 0.717) is 11.9 Å². The highest BCUT2D eigenvalue weighted by molar-refractivity contribution is 7.12. The molecule has 0 saturated carbocycles. The van der Waals surface area contributed by atoms with Gasteiger partial charge in [0.05, 0.1) is 6.10 Å². The molecule has 2 aromatic heterocycles. The van der Waals surface area contributed by atoms with Gasteiger partial charge in [0.15, 0.2) is 0 Å². The molecule has 2 saturated heterocycles. The van der Waals surface area contributed by atoms with E-state index in [4.69, 9.17) is 4.74 Å². The van der Waals surface area contributed by atoms with E-state index < -0.39 is 0 Å². The average Bonchev–Trinajstić information content (AvgIpc) is 3.36. The van der Waals surface area contributed by atoms with Crippen molar-refractivity contribution in [2.45, 2.75) is 25.5 Å². The lowest BCUT2D eigenvalue weighted by molar-refractivity contribution is 0.0618. The van der Waals surface area contributed by atoms with Gasteiger partial charge in [0.1, 0.15) is 6.33 Å². The molecule has 0 spiro atoms. The lowest BCUT2D eigenvalue weighted by Gasteiger charge is -2.33. The monoisotopic (exact) mass is 347 g/mol. The lowest BCUT2D eigenvalue weighted by atomic mass is 10.2. The maximum absolute atomic E-state index is 12.2. The summed E-state index contributed by atoms with van der Waals surface area (Å²) in [6.45, 7) is 5.05. The Hall–Kier alpha value is -1.77. The third-order valence-electron chi connectivity index (χ3n) is 4.59. The Labute approximate surface area is 144 Å². The minimum Gasteiger partial charge on any atom is -0.373 e. The van der Waals surface area contributed by atoms with Crippen molar-refractivity contribution in [3.05, 3.63) is 34.0 Å². The highest BCUT2D eigenvalue weighted by Gasteiger charge is 2.24. The quantitative estimate of drug-likeness (QED) is 0.911. The van der Waals surface area contributed by atoms with Crippen LogP contribution >= 0.6 is 11.3 Å². The number of nitrogens with zero attached hydrogens (tertiary/aromatic N) is 4. The van der Waals surface area contributed by atoms with Crippen molar-refractivity contribution >= 4 is 17.2 Å². The Morgan fingerprint density at radius 1 is 1.33 bits per heavy atom. The first-order valence-electron chi connectivity index (χ1n) is 8.37. The molecule has 1 N–H and O–H groups in total. The van der Waals surface area contributed by atoms with Crippen LogP contribution in [0.3, 0.4) is 0 Å². The summed E-state index contributed by atoms with van der Waals surface area (Å²) in [6, 6.07) is 4.42. The molecular formula is C16H21N5O2S. The van der Waals surface area contributed by atoms with Crippen LogP contribution in [0.5, 0.6) is 0 Å². The summed E-state index contributed by atoms with van der Waals surface area (Å²) in [7, 11) is 0. The molecule has 1 amide bonds. The first kappa shape index (κ1) is 15.7. The summed E-state index contributed by atoms with van der Waals surface area (Å²) in [4.78, 5) is 23.1. The van der Waals surface area contributed by atoms with Crippen LogP contribution in [-0.2, 0) is 11.3 Å². The van der Waals surface area contributed by atoms with Crippen LogP contribution in [0, 0.1) is 0 Å². The van der Waals surface area contributed by atoms with Crippen molar-refractivity contribution in [1.29, 1.82) is 0 Å². The van der Waals surface area contributed by atoms with Gasteiger partial charge in [-0.15, -0.1) is 11.3 Å². The zero-order valence-corrected chi connectivity index (χ0v) is 14.3. The second-order valence-corrected chi connectivity index (χ2v) is 7.41. The maximum atomic E-state index is 12.2. The Bertz CT molecular complexity index is 672. The minimum absolute atomic E-state index is 0.0658. The van der Waals surface area contributed by atoms with E-state index in [-0.39, 0.29) is 5.91 Å². The van der Waals surface area contributed by atoms with Crippen molar-refractivity contribution in [3.8, 4) is 0 Å². The van der Waals surface area contributed by atoms with E-state index >= 15 is 0 Å². The molecule has 24 heavy (non-hydrogen) atoms. The number of H-pyrrole nitrogens is 1. The Balaban J connectivity index is 1.29. The molecule has 0 aliphatic carbocycles. The largest absolute Gasteiger partial charge is 0.373 e. The van der Waals surface area contributed by atoms with Gasteiger partial charge in [-0.25, -0.2) is 4.98 Å². The Morgan fingerprint density at radius 3 is 2.92 bits per heavy atom. The maximum Gasteiger partial charge on any atom is 0.291 e. The number of aromatic amines is 1. The molecular weight excluding hydrogens is 326 g/mol. The summed E-state index contributed by atoms with van der Waals surface area (Å²) < 4.78 is 5.76. The SMILES string of the molecule is O=C(c1ncn[nH]1)N1CCN(Cc2ccc([C@@H]3CCCO3)s2)CC1. The highest BCUT2D eigenvalue weighted by atomic mass is 32.1. The molecule has 7 nitrogen and oxygen atoms in total. The second kappa shape index (κ2) is 7.00. The van der Waals surface area contributed by atoms with Crippen molar-refractivity contribution in [3.63, 3.8) is 0 Å². The van der Waals surface area contributed by atoms with Crippen molar-refractivity contribution in [2.24, 2.45) is 0 Å².